The molecule has 3 aliphatic carbocycles. The molecule has 0 aromatic carbocycles. The molecular formula is C22H31NO5. The topological polar surface area (TPSA) is 104 Å². The Morgan fingerprint density at radius 2 is 1.82 bits per heavy atom. The van der Waals surface area contributed by atoms with E-state index in [1.54, 1.807) is 13.8 Å². The highest BCUT2D eigenvalue weighted by Gasteiger charge is 2.39. The third kappa shape index (κ3) is 4.15. The van der Waals surface area contributed by atoms with Gasteiger partial charge in [-0.05, 0) is 42.9 Å². The number of ketones is 2. The Kier molecular flexibility index (Phi) is 6.26. The van der Waals surface area contributed by atoms with Crippen molar-refractivity contribution in [2.45, 2.75) is 71.3 Å². The van der Waals surface area contributed by atoms with Gasteiger partial charge >= 0.3 is 5.97 Å². The van der Waals surface area contributed by atoms with E-state index < -0.39 is 23.6 Å². The van der Waals surface area contributed by atoms with Crippen LogP contribution in [0.2, 0.25) is 0 Å². The first-order chi connectivity index (χ1) is 13.3. The number of Topliss-reactive ketones (excluding diaryl/α,β-unsaturated/α-hetero) is 1. The van der Waals surface area contributed by atoms with Crippen LogP contribution in [-0.2, 0) is 14.4 Å². The second-order valence-corrected chi connectivity index (χ2v) is 8.88. The number of hydrogen-bond acceptors (Lipinski definition) is 5. The fourth-order valence-electron chi connectivity index (χ4n) is 5.29. The van der Waals surface area contributed by atoms with Crippen molar-refractivity contribution in [2.75, 3.05) is 0 Å². The molecule has 154 valence electrons. The molecule has 28 heavy (non-hydrogen) atoms. The van der Waals surface area contributed by atoms with Gasteiger partial charge < -0.3 is 15.5 Å². The molecule has 3 unspecified atom stereocenters. The first-order valence-electron chi connectivity index (χ1n) is 10.5. The maximum absolute atomic E-state index is 12.7. The predicted octanol–water partition coefficient (Wildman–Crippen LogP) is 3.53. The molecule has 0 aromatic heterocycles. The van der Waals surface area contributed by atoms with Gasteiger partial charge in [-0.15, -0.1) is 0 Å². The van der Waals surface area contributed by atoms with Gasteiger partial charge in [0, 0.05) is 11.6 Å². The first kappa shape index (κ1) is 20.6. The van der Waals surface area contributed by atoms with Gasteiger partial charge in [-0.25, -0.2) is 4.79 Å². The van der Waals surface area contributed by atoms with E-state index in [0.717, 1.165) is 25.3 Å². The lowest BCUT2D eigenvalue weighted by Gasteiger charge is -2.42. The van der Waals surface area contributed by atoms with Crippen LogP contribution in [0.3, 0.4) is 0 Å². The summed E-state index contributed by atoms with van der Waals surface area (Å²) >= 11 is 0. The minimum absolute atomic E-state index is 0.128. The normalized spacial score (nSPS) is 29.4. The largest absolute Gasteiger partial charge is 0.506 e. The number of aliphatic hydroxyl groups is 1. The van der Waals surface area contributed by atoms with Crippen molar-refractivity contribution >= 4 is 17.5 Å². The molecule has 2 fully saturated rings. The van der Waals surface area contributed by atoms with Gasteiger partial charge in [0.2, 0.25) is 11.6 Å². The monoisotopic (exact) mass is 389 g/mol. The van der Waals surface area contributed by atoms with Crippen molar-refractivity contribution in [1.29, 1.82) is 0 Å². The number of aliphatic carboxylic acids is 1. The minimum Gasteiger partial charge on any atom is -0.506 e. The zero-order valence-electron chi connectivity index (χ0n) is 16.7. The van der Waals surface area contributed by atoms with Gasteiger partial charge in [-0.3, -0.25) is 9.59 Å². The summed E-state index contributed by atoms with van der Waals surface area (Å²) in [7, 11) is 0. The molecule has 0 bridgehead atoms. The lowest BCUT2D eigenvalue weighted by atomic mass is 9.63. The third-order valence-electron chi connectivity index (χ3n) is 6.75. The molecule has 0 spiro atoms. The molecule has 0 saturated heterocycles. The molecule has 2 saturated carbocycles. The number of allylic oxidation sites excluding steroid dienone is 2. The van der Waals surface area contributed by atoms with Crippen LogP contribution in [-0.4, -0.2) is 33.8 Å². The Hall–Kier alpha value is -2.11. The molecule has 6 heteroatoms. The van der Waals surface area contributed by atoms with Crippen LogP contribution in [0.4, 0.5) is 0 Å². The molecule has 0 amide bonds. The van der Waals surface area contributed by atoms with Crippen LogP contribution < -0.4 is 5.32 Å². The summed E-state index contributed by atoms with van der Waals surface area (Å²) in [5, 5.41) is 22.7. The number of aliphatic hydroxyl groups excluding tert-OH is 1. The maximum Gasteiger partial charge on any atom is 0.326 e. The predicted molar refractivity (Wildman–Crippen MR) is 105 cm³/mol. The van der Waals surface area contributed by atoms with Crippen LogP contribution >= 0.6 is 0 Å². The Bertz CT molecular complexity index is 718. The molecule has 0 aromatic rings. The highest BCUT2D eigenvalue weighted by molar-refractivity contribution is 6.48. The quantitative estimate of drug-likeness (QED) is 0.474. The molecule has 6 nitrogen and oxygen atoms in total. The highest BCUT2D eigenvalue weighted by Crippen LogP contribution is 2.46. The maximum atomic E-state index is 12.7. The fourth-order valence-corrected chi connectivity index (χ4v) is 5.29. The minimum atomic E-state index is -1.05. The van der Waals surface area contributed by atoms with E-state index in [2.05, 4.69) is 5.32 Å². The zero-order chi connectivity index (χ0) is 20.4. The standard InChI is InChI=1S/C22H31NO5/c1-12(2)19(22(27)28)23-20-16(21(26)18(25)11-17(20)24)10-14-8-5-7-13-6-3-4-9-15(13)14/h11-15,19,23-24H,3-10H2,1-2H3,(H,27,28)/t13?,14?,15?,19-/m1/s1. The smallest absolute Gasteiger partial charge is 0.326 e. The van der Waals surface area contributed by atoms with Gasteiger partial charge in [0.15, 0.2) is 0 Å². The molecule has 3 aliphatic rings. The second kappa shape index (κ2) is 8.50. The molecule has 0 aliphatic heterocycles. The summed E-state index contributed by atoms with van der Waals surface area (Å²) in [4.78, 5) is 36.4. The van der Waals surface area contributed by atoms with Gasteiger partial charge in [0.1, 0.15) is 11.8 Å². The van der Waals surface area contributed by atoms with Gasteiger partial charge in [-0.1, -0.05) is 46.0 Å². The van der Waals surface area contributed by atoms with E-state index in [-0.39, 0.29) is 22.9 Å². The van der Waals surface area contributed by atoms with Crippen molar-refractivity contribution in [3.8, 4) is 0 Å². The molecular weight excluding hydrogens is 358 g/mol. The zero-order valence-corrected chi connectivity index (χ0v) is 16.7. The van der Waals surface area contributed by atoms with Gasteiger partial charge in [0.25, 0.3) is 0 Å². The number of carbonyl (C=O) groups is 3. The Morgan fingerprint density at radius 3 is 2.50 bits per heavy atom. The second-order valence-electron chi connectivity index (χ2n) is 8.88. The van der Waals surface area contributed by atoms with Crippen LogP contribution in [0, 0.1) is 23.7 Å². The van der Waals surface area contributed by atoms with Crippen molar-refractivity contribution in [3.05, 3.63) is 23.1 Å². The average Bonchev–Trinajstić information content (AvgIpc) is 2.65. The molecule has 4 atom stereocenters. The van der Waals surface area contributed by atoms with E-state index in [1.807, 2.05) is 0 Å². The summed E-state index contributed by atoms with van der Waals surface area (Å²) in [5.74, 6) is -1.44. The Balaban J connectivity index is 1.91. The highest BCUT2D eigenvalue weighted by atomic mass is 16.4. The molecule has 3 rings (SSSR count). The van der Waals surface area contributed by atoms with Crippen LogP contribution in [0.15, 0.2) is 23.1 Å². The van der Waals surface area contributed by atoms with E-state index >= 15 is 0 Å². The third-order valence-corrected chi connectivity index (χ3v) is 6.75. The number of carbonyl (C=O) groups excluding carboxylic acids is 2. The Labute approximate surface area is 166 Å². The lowest BCUT2D eigenvalue weighted by molar-refractivity contribution is -0.140. The number of hydrogen-bond donors (Lipinski definition) is 3. The average molecular weight is 389 g/mol. The van der Waals surface area contributed by atoms with Crippen molar-refractivity contribution in [2.24, 2.45) is 23.7 Å². The molecule has 3 N–H and O–H groups in total. The van der Waals surface area contributed by atoms with Crippen molar-refractivity contribution in [1.82, 2.24) is 5.32 Å². The number of rotatable bonds is 6. The van der Waals surface area contributed by atoms with E-state index in [4.69, 9.17) is 0 Å². The Morgan fingerprint density at radius 1 is 1.14 bits per heavy atom. The number of carboxylic acid groups (broad SMARTS) is 1. The number of carboxylic acids is 1. The van der Waals surface area contributed by atoms with Crippen LogP contribution in [0.5, 0.6) is 0 Å². The van der Waals surface area contributed by atoms with Crippen molar-refractivity contribution < 1.29 is 24.6 Å². The summed E-state index contributed by atoms with van der Waals surface area (Å²) in [6.07, 6.45) is 9.54. The lowest BCUT2D eigenvalue weighted by Crippen LogP contribution is -2.43. The van der Waals surface area contributed by atoms with Crippen molar-refractivity contribution in [3.63, 3.8) is 0 Å². The SMILES string of the molecule is CC(C)[C@@H](NC1=C(CC2CCCC3CCCCC32)C(=O)C(=O)C=C1O)C(=O)O. The summed E-state index contributed by atoms with van der Waals surface area (Å²) in [6.45, 7) is 3.52. The van der Waals surface area contributed by atoms with E-state index in [9.17, 15) is 24.6 Å². The molecule has 0 heterocycles. The van der Waals surface area contributed by atoms with Gasteiger partial charge in [-0.2, -0.15) is 0 Å². The summed E-state index contributed by atoms with van der Waals surface area (Å²) < 4.78 is 0. The summed E-state index contributed by atoms with van der Waals surface area (Å²) in [5.41, 5.74) is 0.386. The first-order valence-corrected chi connectivity index (χ1v) is 10.5. The fraction of sp³-hybridized carbons (Fsp3) is 0.682. The number of fused-ring (bicyclic) bond motifs is 1. The van der Waals surface area contributed by atoms with Gasteiger partial charge in [0.05, 0.1) is 5.70 Å². The van der Waals surface area contributed by atoms with E-state index in [0.29, 0.717) is 24.2 Å². The number of nitrogens with one attached hydrogen (secondary N) is 1. The van der Waals surface area contributed by atoms with Crippen LogP contribution in [0.25, 0.3) is 0 Å². The summed E-state index contributed by atoms with van der Waals surface area (Å²) in [6, 6.07) is -0.949. The van der Waals surface area contributed by atoms with E-state index in [1.165, 1.54) is 25.7 Å². The molecule has 0 radical (unpaired) electrons. The van der Waals surface area contributed by atoms with Crippen LogP contribution in [0.1, 0.15) is 65.2 Å².